The van der Waals surface area contributed by atoms with Crippen LogP contribution in [0.1, 0.15) is 33.3 Å². The zero-order valence-electron chi connectivity index (χ0n) is 12.0. The molecule has 1 amide bonds. The van der Waals surface area contributed by atoms with E-state index in [4.69, 9.17) is 16.3 Å². The van der Waals surface area contributed by atoms with Crippen molar-refractivity contribution in [2.75, 3.05) is 0 Å². The third-order valence-electron chi connectivity index (χ3n) is 2.26. The fraction of sp³-hybridized carbons (Fsp3) is 0.429. The number of hydrogen-bond acceptors (Lipinski definition) is 4. The van der Waals surface area contributed by atoms with Gasteiger partial charge in [0.25, 0.3) is 5.91 Å². The van der Waals surface area contributed by atoms with Crippen LogP contribution in [0.5, 0.6) is 5.75 Å². The molecular weight excluding hydrogens is 280 g/mol. The number of carbonyl (C=O) groups is 1. The Bertz CT molecular complexity index is 508. The summed E-state index contributed by atoms with van der Waals surface area (Å²) in [7, 11) is 0. The van der Waals surface area contributed by atoms with Crippen LogP contribution in [0.3, 0.4) is 0 Å². The quantitative estimate of drug-likeness (QED) is 0.647. The number of nitrogens with zero attached hydrogens (tertiary/aromatic N) is 1. The van der Waals surface area contributed by atoms with Gasteiger partial charge in [0.1, 0.15) is 11.4 Å². The molecule has 0 spiro atoms. The zero-order valence-corrected chi connectivity index (χ0v) is 12.7. The van der Waals surface area contributed by atoms with Gasteiger partial charge in [0.15, 0.2) is 0 Å². The molecule has 1 rings (SSSR count). The Morgan fingerprint density at radius 2 is 2.15 bits per heavy atom. The first kappa shape index (κ1) is 16.5. The van der Waals surface area contributed by atoms with Crippen molar-refractivity contribution in [3.63, 3.8) is 0 Å². The van der Waals surface area contributed by atoms with Gasteiger partial charge in [0, 0.05) is 10.6 Å². The Hall–Kier alpha value is -1.59. The molecular formula is C14H19ClN2O3. The number of rotatable bonds is 5. The summed E-state index contributed by atoms with van der Waals surface area (Å²) in [5, 5.41) is 13.8. The molecule has 0 fully saturated rings. The lowest BCUT2D eigenvalue weighted by Crippen LogP contribution is -2.39. The fourth-order valence-electron chi connectivity index (χ4n) is 1.28. The predicted octanol–water partition coefficient (Wildman–Crippen LogP) is 2.35. The Balaban J connectivity index is 2.85. The number of ether oxygens (including phenoxy) is 1. The lowest BCUT2D eigenvalue weighted by atomic mass is 10.1. The second-order valence-electron chi connectivity index (χ2n) is 5.11. The van der Waals surface area contributed by atoms with E-state index < -0.39 is 11.5 Å². The number of carbonyl (C=O) groups excluding carboxylic acids is 1. The molecule has 0 aromatic heterocycles. The summed E-state index contributed by atoms with van der Waals surface area (Å²) in [5.41, 5.74) is 1.41. The summed E-state index contributed by atoms with van der Waals surface area (Å²) in [6.45, 7) is 6.58. The summed E-state index contributed by atoms with van der Waals surface area (Å²) < 4.78 is 5.61. The molecule has 0 aliphatic carbocycles. The SMILES string of the molecule is CC(C)Oc1ccc(Cl)cc1/C=N/NC(=O)C(C)(C)O. The van der Waals surface area contributed by atoms with Crippen LogP contribution in [-0.2, 0) is 4.79 Å². The van der Waals surface area contributed by atoms with Gasteiger partial charge in [-0.3, -0.25) is 4.79 Å². The Labute approximate surface area is 123 Å². The molecule has 110 valence electrons. The second kappa shape index (κ2) is 6.72. The van der Waals surface area contributed by atoms with E-state index in [0.717, 1.165) is 0 Å². The maximum atomic E-state index is 11.5. The highest BCUT2D eigenvalue weighted by atomic mass is 35.5. The first-order valence-corrected chi connectivity index (χ1v) is 6.60. The van der Waals surface area contributed by atoms with Gasteiger partial charge in [-0.15, -0.1) is 0 Å². The molecule has 5 nitrogen and oxygen atoms in total. The molecule has 0 saturated heterocycles. The monoisotopic (exact) mass is 298 g/mol. The highest BCUT2D eigenvalue weighted by Crippen LogP contribution is 2.22. The van der Waals surface area contributed by atoms with Crippen LogP contribution in [0.25, 0.3) is 0 Å². The van der Waals surface area contributed by atoms with Crippen LogP contribution >= 0.6 is 11.6 Å². The Morgan fingerprint density at radius 1 is 1.50 bits per heavy atom. The Kier molecular flexibility index (Phi) is 5.53. The van der Waals surface area contributed by atoms with Crippen LogP contribution in [-0.4, -0.2) is 28.9 Å². The van der Waals surface area contributed by atoms with Crippen molar-refractivity contribution >= 4 is 23.7 Å². The predicted molar refractivity (Wildman–Crippen MR) is 79.3 cm³/mol. The van der Waals surface area contributed by atoms with Crippen LogP contribution in [0.4, 0.5) is 0 Å². The van der Waals surface area contributed by atoms with Gasteiger partial charge in [0.05, 0.1) is 12.3 Å². The lowest BCUT2D eigenvalue weighted by molar-refractivity contribution is -0.136. The molecule has 2 N–H and O–H groups in total. The molecule has 0 aliphatic heterocycles. The summed E-state index contributed by atoms with van der Waals surface area (Å²) >= 11 is 5.92. The summed E-state index contributed by atoms with van der Waals surface area (Å²) in [6.07, 6.45) is 1.43. The van der Waals surface area contributed by atoms with E-state index in [-0.39, 0.29) is 6.10 Å². The molecule has 0 unspecified atom stereocenters. The van der Waals surface area contributed by atoms with E-state index in [0.29, 0.717) is 16.3 Å². The van der Waals surface area contributed by atoms with Crippen LogP contribution in [0.2, 0.25) is 5.02 Å². The van der Waals surface area contributed by atoms with Crippen LogP contribution in [0, 0.1) is 0 Å². The van der Waals surface area contributed by atoms with Crippen molar-refractivity contribution in [3.8, 4) is 5.75 Å². The molecule has 6 heteroatoms. The number of nitrogens with one attached hydrogen (secondary N) is 1. The normalized spacial score (nSPS) is 11.9. The van der Waals surface area contributed by atoms with E-state index in [1.54, 1.807) is 18.2 Å². The third-order valence-corrected chi connectivity index (χ3v) is 2.50. The van der Waals surface area contributed by atoms with Gasteiger partial charge in [-0.05, 0) is 45.9 Å². The number of amides is 1. The van der Waals surface area contributed by atoms with Crippen LogP contribution in [0.15, 0.2) is 23.3 Å². The smallest absolute Gasteiger partial charge is 0.271 e. The Morgan fingerprint density at radius 3 is 2.70 bits per heavy atom. The number of aliphatic hydroxyl groups is 1. The maximum absolute atomic E-state index is 11.5. The van der Waals surface area contributed by atoms with Crippen molar-refractivity contribution in [1.29, 1.82) is 0 Å². The van der Waals surface area contributed by atoms with Gasteiger partial charge in [-0.1, -0.05) is 11.6 Å². The third kappa shape index (κ3) is 5.19. The van der Waals surface area contributed by atoms with E-state index in [1.165, 1.54) is 20.1 Å². The number of benzene rings is 1. The molecule has 0 atom stereocenters. The van der Waals surface area contributed by atoms with Gasteiger partial charge in [-0.25, -0.2) is 5.43 Å². The topological polar surface area (TPSA) is 70.9 Å². The van der Waals surface area contributed by atoms with Crippen LogP contribution < -0.4 is 10.2 Å². The van der Waals surface area contributed by atoms with Gasteiger partial charge in [0.2, 0.25) is 0 Å². The lowest BCUT2D eigenvalue weighted by Gasteiger charge is -2.14. The highest BCUT2D eigenvalue weighted by Gasteiger charge is 2.22. The van der Waals surface area contributed by atoms with E-state index in [9.17, 15) is 9.90 Å². The number of hydrogen-bond donors (Lipinski definition) is 2. The van der Waals surface area contributed by atoms with E-state index in [2.05, 4.69) is 10.5 Å². The van der Waals surface area contributed by atoms with Crippen molar-refractivity contribution in [3.05, 3.63) is 28.8 Å². The minimum absolute atomic E-state index is 0.00860. The maximum Gasteiger partial charge on any atom is 0.271 e. The van der Waals surface area contributed by atoms with Crippen molar-refractivity contribution < 1.29 is 14.6 Å². The van der Waals surface area contributed by atoms with E-state index >= 15 is 0 Å². The zero-order chi connectivity index (χ0) is 15.3. The summed E-state index contributed by atoms with van der Waals surface area (Å²) in [4.78, 5) is 11.5. The second-order valence-corrected chi connectivity index (χ2v) is 5.54. The molecule has 0 aliphatic rings. The first-order chi connectivity index (χ1) is 9.20. The van der Waals surface area contributed by atoms with Crippen molar-refractivity contribution in [2.24, 2.45) is 5.10 Å². The molecule has 20 heavy (non-hydrogen) atoms. The number of hydrazone groups is 1. The molecule has 1 aromatic rings. The number of halogens is 1. The molecule has 0 radical (unpaired) electrons. The average Bonchev–Trinajstić information content (AvgIpc) is 2.30. The van der Waals surface area contributed by atoms with Crippen molar-refractivity contribution in [1.82, 2.24) is 5.43 Å². The highest BCUT2D eigenvalue weighted by molar-refractivity contribution is 6.30. The van der Waals surface area contributed by atoms with Gasteiger partial charge >= 0.3 is 0 Å². The first-order valence-electron chi connectivity index (χ1n) is 6.22. The standard InChI is InChI=1S/C14H19ClN2O3/c1-9(2)20-12-6-5-11(15)7-10(12)8-16-17-13(18)14(3,4)19/h5-9,19H,1-4H3,(H,17,18)/b16-8+. The van der Waals surface area contributed by atoms with Gasteiger partial charge < -0.3 is 9.84 Å². The minimum atomic E-state index is -1.48. The summed E-state index contributed by atoms with van der Waals surface area (Å²) in [5.74, 6) is 0.0211. The summed E-state index contributed by atoms with van der Waals surface area (Å²) in [6, 6.07) is 5.13. The van der Waals surface area contributed by atoms with E-state index in [1.807, 2.05) is 13.8 Å². The average molecular weight is 299 g/mol. The van der Waals surface area contributed by atoms with Gasteiger partial charge in [-0.2, -0.15) is 5.10 Å². The molecule has 0 bridgehead atoms. The molecule has 0 saturated carbocycles. The largest absolute Gasteiger partial charge is 0.490 e. The molecule has 1 aromatic carbocycles. The fourth-order valence-corrected chi connectivity index (χ4v) is 1.46. The minimum Gasteiger partial charge on any atom is -0.490 e. The van der Waals surface area contributed by atoms with Crippen molar-refractivity contribution in [2.45, 2.75) is 39.4 Å². The molecule has 0 heterocycles.